The van der Waals surface area contributed by atoms with Gasteiger partial charge in [0, 0.05) is 22.4 Å². The first-order valence-electron chi connectivity index (χ1n) is 6.25. The van der Waals surface area contributed by atoms with Crippen LogP contribution in [0.1, 0.15) is 50.2 Å². The lowest BCUT2D eigenvalue weighted by molar-refractivity contribution is 0.208. The van der Waals surface area contributed by atoms with Gasteiger partial charge in [0.05, 0.1) is 0 Å². The first-order chi connectivity index (χ1) is 8.27. The molecule has 0 spiro atoms. The normalized spacial score (nSPS) is 22.1. The molecule has 0 saturated heterocycles. The fourth-order valence-electron chi connectivity index (χ4n) is 2.26. The maximum absolute atomic E-state index is 10.4. The number of aliphatic hydroxyl groups excluding tert-OH is 1. The molecule has 92 valence electrons. The van der Waals surface area contributed by atoms with Crippen LogP contribution in [0.2, 0.25) is 0 Å². The van der Waals surface area contributed by atoms with Gasteiger partial charge >= 0.3 is 0 Å². The van der Waals surface area contributed by atoms with E-state index in [9.17, 15) is 5.11 Å². The van der Waals surface area contributed by atoms with Gasteiger partial charge in [-0.1, -0.05) is 18.9 Å². The minimum atomic E-state index is -0.488. The lowest BCUT2D eigenvalue weighted by Gasteiger charge is -2.17. The van der Waals surface area contributed by atoms with Crippen molar-refractivity contribution in [1.82, 2.24) is 4.98 Å². The van der Waals surface area contributed by atoms with Gasteiger partial charge in [-0.15, -0.1) is 0 Å². The maximum Gasteiger partial charge on any atom is 0.102 e. The van der Waals surface area contributed by atoms with Crippen LogP contribution >= 0.6 is 15.9 Å². The molecule has 0 fully saturated rings. The number of hydrogen-bond acceptors (Lipinski definition) is 2. The highest BCUT2D eigenvalue weighted by atomic mass is 79.9. The smallest absolute Gasteiger partial charge is 0.102 e. The van der Waals surface area contributed by atoms with Crippen molar-refractivity contribution in [3.8, 4) is 0 Å². The minimum absolute atomic E-state index is 0.488. The molecule has 1 aliphatic carbocycles. The van der Waals surface area contributed by atoms with Crippen LogP contribution in [0.3, 0.4) is 0 Å². The fraction of sp³-hybridized carbons (Fsp3) is 0.500. The molecule has 0 amide bonds. The first kappa shape index (κ1) is 12.8. The van der Waals surface area contributed by atoms with Crippen LogP contribution in [0.25, 0.3) is 0 Å². The summed E-state index contributed by atoms with van der Waals surface area (Å²) in [5, 5.41) is 10.4. The Morgan fingerprint density at radius 2 is 2.00 bits per heavy atom. The molecule has 0 bridgehead atoms. The Morgan fingerprint density at radius 3 is 2.82 bits per heavy atom. The third-order valence-electron chi connectivity index (χ3n) is 3.22. The zero-order chi connectivity index (χ0) is 12.1. The van der Waals surface area contributed by atoms with E-state index in [1.807, 2.05) is 6.07 Å². The molecule has 1 aromatic rings. The number of pyridine rings is 1. The number of halogens is 1. The topological polar surface area (TPSA) is 33.1 Å². The number of aliphatic hydroxyl groups is 1. The summed E-state index contributed by atoms with van der Waals surface area (Å²) in [5.41, 5.74) is 2.04. The van der Waals surface area contributed by atoms with Crippen LogP contribution in [-0.4, -0.2) is 10.1 Å². The zero-order valence-electron chi connectivity index (χ0n) is 9.90. The van der Waals surface area contributed by atoms with Crippen LogP contribution in [-0.2, 0) is 0 Å². The van der Waals surface area contributed by atoms with Gasteiger partial charge in [0.15, 0.2) is 0 Å². The lowest BCUT2D eigenvalue weighted by atomic mass is 9.93. The van der Waals surface area contributed by atoms with Gasteiger partial charge in [0.1, 0.15) is 6.10 Å². The Morgan fingerprint density at radius 1 is 1.18 bits per heavy atom. The quantitative estimate of drug-likeness (QED) is 0.831. The second-order valence-corrected chi connectivity index (χ2v) is 5.49. The Bertz CT molecular complexity index is 403. The standard InChI is InChI=1S/C14H18BrNO/c15-13-8-12(9-16-10-13)14(17)11-6-4-2-1-3-5-7-11/h6,8-10,14,17H,1-5,7H2/b11-6+. The van der Waals surface area contributed by atoms with Crippen molar-refractivity contribution in [2.24, 2.45) is 0 Å². The van der Waals surface area contributed by atoms with E-state index in [4.69, 9.17) is 0 Å². The molecule has 17 heavy (non-hydrogen) atoms. The monoisotopic (exact) mass is 295 g/mol. The van der Waals surface area contributed by atoms with Crippen molar-refractivity contribution >= 4 is 15.9 Å². The molecule has 1 unspecified atom stereocenters. The molecule has 1 aromatic heterocycles. The number of allylic oxidation sites excluding steroid dienone is 1. The van der Waals surface area contributed by atoms with Gasteiger partial charge < -0.3 is 5.11 Å². The third kappa shape index (κ3) is 3.65. The molecule has 0 saturated carbocycles. The highest BCUT2D eigenvalue weighted by molar-refractivity contribution is 9.10. The summed E-state index contributed by atoms with van der Waals surface area (Å²) in [7, 11) is 0. The first-order valence-corrected chi connectivity index (χ1v) is 7.04. The van der Waals surface area contributed by atoms with Crippen molar-refractivity contribution in [2.45, 2.75) is 44.6 Å². The Kier molecular flexibility index (Phi) is 4.75. The zero-order valence-corrected chi connectivity index (χ0v) is 11.5. The third-order valence-corrected chi connectivity index (χ3v) is 3.65. The van der Waals surface area contributed by atoms with Gasteiger partial charge in [-0.2, -0.15) is 0 Å². The van der Waals surface area contributed by atoms with Crippen molar-refractivity contribution in [3.05, 3.63) is 40.1 Å². The van der Waals surface area contributed by atoms with Crippen molar-refractivity contribution in [1.29, 1.82) is 0 Å². The van der Waals surface area contributed by atoms with Gasteiger partial charge in [-0.05, 0) is 53.3 Å². The largest absolute Gasteiger partial charge is 0.384 e. The molecule has 1 N–H and O–H groups in total. The average molecular weight is 296 g/mol. The van der Waals surface area contributed by atoms with E-state index in [-0.39, 0.29) is 0 Å². The molecule has 0 aliphatic heterocycles. The number of rotatable bonds is 2. The summed E-state index contributed by atoms with van der Waals surface area (Å²) in [6.45, 7) is 0. The van der Waals surface area contributed by atoms with Gasteiger partial charge in [-0.25, -0.2) is 0 Å². The van der Waals surface area contributed by atoms with Crippen LogP contribution in [0.15, 0.2) is 34.6 Å². The highest BCUT2D eigenvalue weighted by Gasteiger charge is 2.14. The second-order valence-electron chi connectivity index (χ2n) is 4.57. The van der Waals surface area contributed by atoms with Crippen LogP contribution in [0.4, 0.5) is 0 Å². The molecular formula is C14H18BrNO. The predicted molar refractivity (Wildman–Crippen MR) is 72.7 cm³/mol. The molecular weight excluding hydrogens is 278 g/mol. The SMILES string of the molecule is OC(/C1=C/CCCCCC1)c1cncc(Br)c1. The van der Waals surface area contributed by atoms with E-state index >= 15 is 0 Å². The van der Waals surface area contributed by atoms with Crippen molar-refractivity contribution in [3.63, 3.8) is 0 Å². The lowest BCUT2D eigenvalue weighted by Crippen LogP contribution is -2.04. The predicted octanol–water partition coefficient (Wildman–Crippen LogP) is 4.16. The molecule has 0 radical (unpaired) electrons. The number of nitrogens with zero attached hydrogens (tertiary/aromatic N) is 1. The fourth-order valence-corrected chi connectivity index (χ4v) is 2.64. The van der Waals surface area contributed by atoms with Crippen molar-refractivity contribution in [2.75, 3.05) is 0 Å². The molecule has 2 rings (SSSR count). The summed E-state index contributed by atoms with van der Waals surface area (Å²) in [4.78, 5) is 4.11. The molecule has 1 aliphatic rings. The van der Waals surface area contributed by atoms with E-state index in [1.54, 1.807) is 12.4 Å². The summed E-state index contributed by atoms with van der Waals surface area (Å²) in [6, 6.07) is 1.94. The second kappa shape index (κ2) is 6.31. The van der Waals surface area contributed by atoms with Crippen LogP contribution in [0, 0.1) is 0 Å². The van der Waals surface area contributed by atoms with Gasteiger partial charge in [0.25, 0.3) is 0 Å². The Hall–Kier alpha value is -0.670. The van der Waals surface area contributed by atoms with Crippen molar-refractivity contribution < 1.29 is 5.11 Å². The van der Waals surface area contributed by atoms with Crippen LogP contribution in [0.5, 0.6) is 0 Å². The van der Waals surface area contributed by atoms with E-state index in [1.165, 1.54) is 25.7 Å². The molecule has 2 nitrogen and oxygen atoms in total. The Labute approximate surface area is 111 Å². The van der Waals surface area contributed by atoms with Gasteiger partial charge in [-0.3, -0.25) is 4.98 Å². The van der Waals surface area contributed by atoms with E-state index < -0.39 is 6.10 Å². The molecule has 1 atom stereocenters. The molecule has 3 heteroatoms. The highest BCUT2D eigenvalue weighted by Crippen LogP contribution is 2.29. The van der Waals surface area contributed by atoms with Crippen LogP contribution < -0.4 is 0 Å². The maximum atomic E-state index is 10.4. The van der Waals surface area contributed by atoms with E-state index in [2.05, 4.69) is 27.0 Å². The Balaban J connectivity index is 2.14. The summed E-state index contributed by atoms with van der Waals surface area (Å²) >= 11 is 3.39. The number of aromatic nitrogens is 1. The summed E-state index contributed by atoms with van der Waals surface area (Å²) in [5.74, 6) is 0. The average Bonchev–Trinajstić information content (AvgIpc) is 2.28. The summed E-state index contributed by atoms with van der Waals surface area (Å²) < 4.78 is 0.917. The molecule has 0 aromatic carbocycles. The van der Waals surface area contributed by atoms with E-state index in [0.29, 0.717) is 0 Å². The number of hydrogen-bond donors (Lipinski definition) is 1. The molecule has 1 heterocycles. The summed E-state index contributed by atoms with van der Waals surface area (Å²) in [6.07, 6.45) is 12.3. The minimum Gasteiger partial charge on any atom is -0.384 e. The van der Waals surface area contributed by atoms with Gasteiger partial charge in [0.2, 0.25) is 0 Å². The van der Waals surface area contributed by atoms with E-state index in [0.717, 1.165) is 28.5 Å².